The fourth-order valence-electron chi connectivity index (χ4n) is 2.11. The Labute approximate surface area is 102 Å². The zero-order valence-electron chi connectivity index (χ0n) is 9.86. The Bertz CT molecular complexity index is 334. The minimum absolute atomic E-state index is 0.172. The van der Waals surface area contributed by atoms with Crippen LogP contribution >= 0.6 is 11.8 Å². The minimum atomic E-state index is 0.172. The molecule has 0 aromatic heterocycles. The van der Waals surface area contributed by atoms with Gasteiger partial charge in [-0.2, -0.15) is 11.8 Å². The number of thioether (sulfide) groups is 1. The Morgan fingerprint density at radius 1 is 1.31 bits per heavy atom. The van der Waals surface area contributed by atoms with E-state index in [4.69, 9.17) is 5.73 Å². The average Bonchev–Trinajstić information content (AvgIpc) is 2.39. The fourth-order valence-corrected chi connectivity index (χ4v) is 3.02. The molecule has 0 unspecified atom stereocenters. The number of anilines is 1. The summed E-state index contributed by atoms with van der Waals surface area (Å²) < 4.78 is 0. The minimum Gasteiger partial charge on any atom is -0.370 e. The molecular formula is C13H20N2S. The van der Waals surface area contributed by atoms with Crippen LogP contribution in [0.4, 0.5) is 5.69 Å². The van der Waals surface area contributed by atoms with Gasteiger partial charge in [-0.1, -0.05) is 25.1 Å². The van der Waals surface area contributed by atoms with Crippen molar-refractivity contribution < 1.29 is 0 Å². The summed E-state index contributed by atoms with van der Waals surface area (Å²) in [5.74, 6) is 2.46. The second-order valence-electron chi connectivity index (χ2n) is 4.17. The van der Waals surface area contributed by atoms with E-state index in [2.05, 4.69) is 36.1 Å². The molecule has 0 spiro atoms. The number of para-hydroxylation sites is 1. The van der Waals surface area contributed by atoms with Gasteiger partial charge in [-0.25, -0.2) is 0 Å². The second-order valence-corrected chi connectivity index (χ2v) is 5.40. The first-order valence-corrected chi connectivity index (χ1v) is 7.15. The molecule has 1 heterocycles. The molecule has 2 nitrogen and oxygen atoms in total. The van der Waals surface area contributed by atoms with E-state index in [-0.39, 0.29) is 6.04 Å². The third kappa shape index (κ3) is 2.53. The van der Waals surface area contributed by atoms with E-state index in [0.717, 1.165) is 19.5 Å². The van der Waals surface area contributed by atoms with Crippen LogP contribution in [-0.4, -0.2) is 24.6 Å². The zero-order chi connectivity index (χ0) is 11.4. The van der Waals surface area contributed by atoms with Crippen molar-refractivity contribution in [2.24, 2.45) is 5.73 Å². The monoisotopic (exact) mass is 236 g/mol. The summed E-state index contributed by atoms with van der Waals surface area (Å²) in [6.07, 6.45) is 1.000. The maximum Gasteiger partial charge on any atom is 0.0415 e. The molecule has 1 aliphatic heterocycles. The third-order valence-electron chi connectivity index (χ3n) is 3.13. The molecule has 1 fully saturated rings. The van der Waals surface area contributed by atoms with Gasteiger partial charge in [0.05, 0.1) is 0 Å². The normalized spacial score (nSPS) is 18.5. The molecule has 2 rings (SSSR count). The van der Waals surface area contributed by atoms with E-state index in [1.54, 1.807) is 0 Å². The maximum absolute atomic E-state index is 6.17. The molecule has 1 saturated heterocycles. The Morgan fingerprint density at radius 3 is 2.69 bits per heavy atom. The third-order valence-corrected chi connectivity index (χ3v) is 4.07. The van der Waals surface area contributed by atoms with Crippen LogP contribution in [-0.2, 0) is 0 Å². The summed E-state index contributed by atoms with van der Waals surface area (Å²) >= 11 is 2.04. The van der Waals surface area contributed by atoms with E-state index < -0.39 is 0 Å². The molecular weight excluding hydrogens is 216 g/mol. The second kappa shape index (κ2) is 5.60. The highest BCUT2D eigenvalue weighted by atomic mass is 32.2. The van der Waals surface area contributed by atoms with E-state index >= 15 is 0 Å². The lowest BCUT2D eigenvalue weighted by atomic mass is 10.0. The number of hydrogen-bond acceptors (Lipinski definition) is 3. The van der Waals surface area contributed by atoms with Crippen LogP contribution in [0.2, 0.25) is 0 Å². The highest BCUT2D eigenvalue weighted by molar-refractivity contribution is 7.99. The molecule has 0 saturated carbocycles. The van der Waals surface area contributed by atoms with Crippen molar-refractivity contribution in [1.82, 2.24) is 0 Å². The standard InChI is InChI=1S/C13H20N2S/c1-2-12(14)11-5-3-4-6-13(11)15-7-9-16-10-8-15/h3-6,12H,2,7-10,14H2,1H3/t12-/m1/s1. The first-order valence-electron chi connectivity index (χ1n) is 6.00. The van der Waals surface area contributed by atoms with Gasteiger partial charge in [0.15, 0.2) is 0 Å². The van der Waals surface area contributed by atoms with E-state index in [9.17, 15) is 0 Å². The van der Waals surface area contributed by atoms with Gasteiger partial charge in [-0.15, -0.1) is 0 Å². The van der Waals surface area contributed by atoms with Crippen molar-refractivity contribution in [1.29, 1.82) is 0 Å². The van der Waals surface area contributed by atoms with E-state index in [1.807, 2.05) is 11.8 Å². The lowest BCUT2D eigenvalue weighted by Gasteiger charge is -2.31. The van der Waals surface area contributed by atoms with E-state index in [1.165, 1.54) is 22.8 Å². The Kier molecular flexibility index (Phi) is 4.13. The number of benzene rings is 1. The van der Waals surface area contributed by atoms with Gasteiger partial charge in [-0.05, 0) is 18.1 Å². The van der Waals surface area contributed by atoms with Gasteiger partial charge in [0, 0.05) is 36.3 Å². The summed E-state index contributed by atoms with van der Waals surface area (Å²) in [6, 6.07) is 8.76. The predicted molar refractivity (Wildman–Crippen MR) is 73.2 cm³/mol. The van der Waals surface area contributed by atoms with Crippen LogP contribution in [0.25, 0.3) is 0 Å². The van der Waals surface area contributed by atoms with Crippen LogP contribution in [0.3, 0.4) is 0 Å². The van der Waals surface area contributed by atoms with Gasteiger partial charge in [0.1, 0.15) is 0 Å². The molecule has 16 heavy (non-hydrogen) atoms. The number of nitrogens with zero attached hydrogens (tertiary/aromatic N) is 1. The Balaban J connectivity index is 2.24. The summed E-state index contributed by atoms with van der Waals surface area (Å²) in [6.45, 7) is 4.45. The highest BCUT2D eigenvalue weighted by Gasteiger charge is 2.16. The maximum atomic E-state index is 6.17. The topological polar surface area (TPSA) is 29.3 Å². The lowest BCUT2D eigenvalue weighted by Crippen LogP contribution is -2.33. The van der Waals surface area contributed by atoms with E-state index in [0.29, 0.717) is 0 Å². The summed E-state index contributed by atoms with van der Waals surface area (Å²) in [5.41, 5.74) is 8.82. The molecule has 1 aromatic carbocycles. The fraction of sp³-hybridized carbons (Fsp3) is 0.538. The zero-order valence-corrected chi connectivity index (χ0v) is 10.7. The molecule has 3 heteroatoms. The first kappa shape index (κ1) is 11.8. The SMILES string of the molecule is CC[C@@H](N)c1ccccc1N1CCSCC1. The Morgan fingerprint density at radius 2 is 2.00 bits per heavy atom. The molecule has 0 aliphatic carbocycles. The number of rotatable bonds is 3. The van der Waals surface area contributed by atoms with Crippen LogP contribution in [0.5, 0.6) is 0 Å². The molecule has 1 aromatic rings. The lowest BCUT2D eigenvalue weighted by molar-refractivity contribution is 0.692. The largest absolute Gasteiger partial charge is 0.370 e. The van der Waals surface area contributed by atoms with Crippen molar-refractivity contribution in [3.8, 4) is 0 Å². The summed E-state index contributed by atoms with van der Waals surface area (Å²) in [7, 11) is 0. The number of nitrogens with two attached hydrogens (primary N) is 1. The first-order chi connectivity index (χ1) is 7.83. The smallest absolute Gasteiger partial charge is 0.0415 e. The number of hydrogen-bond donors (Lipinski definition) is 1. The van der Waals surface area contributed by atoms with Gasteiger partial charge in [0.2, 0.25) is 0 Å². The molecule has 1 aliphatic rings. The van der Waals surface area contributed by atoms with Crippen molar-refractivity contribution >= 4 is 17.4 Å². The molecule has 1 atom stereocenters. The van der Waals surface area contributed by atoms with Gasteiger partial charge in [-0.3, -0.25) is 0 Å². The molecule has 0 radical (unpaired) electrons. The van der Waals surface area contributed by atoms with Crippen LogP contribution in [0, 0.1) is 0 Å². The van der Waals surface area contributed by atoms with Crippen molar-refractivity contribution in [2.45, 2.75) is 19.4 Å². The van der Waals surface area contributed by atoms with Crippen LogP contribution in [0.15, 0.2) is 24.3 Å². The predicted octanol–water partition coefficient (Wildman–Crippen LogP) is 2.65. The summed E-state index contributed by atoms with van der Waals surface area (Å²) in [5, 5.41) is 0. The Hall–Kier alpha value is -0.670. The van der Waals surface area contributed by atoms with Crippen molar-refractivity contribution in [2.75, 3.05) is 29.5 Å². The quantitative estimate of drug-likeness (QED) is 0.875. The molecule has 0 bridgehead atoms. The van der Waals surface area contributed by atoms with Crippen molar-refractivity contribution in [3.63, 3.8) is 0 Å². The highest BCUT2D eigenvalue weighted by Crippen LogP contribution is 2.28. The van der Waals surface area contributed by atoms with Crippen molar-refractivity contribution in [3.05, 3.63) is 29.8 Å². The van der Waals surface area contributed by atoms with Gasteiger partial charge in [0.25, 0.3) is 0 Å². The van der Waals surface area contributed by atoms with Gasteiger partial charge >= 0.3 is 0 Å². The van der Waals surface area contributed by atoms with Crippen LogP contribution in [0.1, 0.15) is 24.9 Å². The van der Waals surface area contributed by atoms with Gasteiger partial charge < -0.3 is 10.6 Å². The average molecular weight is 236 g/mol. The summed E-state index contributed by atoms with van der Waals surface area (Å²) in [4.78, 5) is 2.47. The molecule has 2 N–H and O–H groups in total. The molecule has 0 amide bonds. The molecule has 88 valence electrons. The van der Waals surface area contributed by atoms with Crippen LogP contribution < -0.4 is 10.6 Å².